The summed E-state index contributed by atoms with van der Waals surface area (Å²) in [6, 6.07) is 7.88. The second kappa shape index (κ2) is 5.21. The summed E-state index contributed by atoms with van der Waals surface area (Å²) in [6.45, 7) is 2.04. The predicted molar refractivity (Wildman–Crippen MR) is 67.9 cm³/mol. The minimum atomic E-state index is -0.199. The van der Waals surface area contributed by atoms with Gasteiger partial charge in [0.05, 0.1) is 7.11 Å². The second-order valence-electron chi connectivity index (χ2n) is 4.71. The topological polar surface area (TPSA) is 38.3 Å². The highest BCUT2D eigenvalue weighted by molar-refractivity contribution is 5.79. The molecule has 1 aromatic carbocycles. The molecule has 0 aliphatic heterocycles. The fourth-order valence-electron chi connectivity index (χ4n) is 2.18. The first-order valence-electron chi connectivity index (χ1n) is 6.12. The van der Waals surface area contributed by atoms with Crippen LogP contribution in [-0.2, 0) is 9.53 Å². The molecule has 0 heterocycles. The highest BCUT2D eigenvalue weighted by Gasteiger charge is 2.33. The van der Waals surface area contributed by atoms with Gasteiger partial charge in [0.2, 0.25) is 0 Å². The van der Waals surface area contributed by atoms with Gasteiger partial charge in [-0.1, -0.05) is 18.6 Å². The van der Waals surface area contributed by atoms with E-state index in [1.807, 2.05) is 25.1 Å². The zero-order chi connectivity index (χ0) is 12.3. The highest BCUT2D eigenvalue weighted by Crippen LogP contribution is 2.31. The fourth-order valence-corrected chi connectivity index (χ4v) is 2.18. The summed E-state index contributed by atoms with van der Waals surface area (Å²) in [5.74, 6) is 0.263. The Morgan fingerprint density at radius 1 is 1.47 bits per heavy atom. The second-order valence-corrected chi connectivity index (χ2v) is 4.71. The van der Waals surface area contributed by atoms with Crippen LogP contribution in [0.15, 0.2) is 24.3 Å². The molecule has 3 nitrogen and oxygen atoms in total. The fraction of sp³-hybridized carbons (Fsp3) is 0.500. The maximum Gasteiger partial charge on any atom is 0.328 e. The first kappa shape index (κ1) is 12.0. The number of nitrogens with one attached hydrogen (secondary N) is 1. The van der Waals surface area contributed by atoms with Crippen LogP contribution in [-0.4, -0.2) is 19.1 Å². The van der Waals surface area contributed by atoms with E-state index in [4.69, 9.17) is 4.74 Å². The SMILES string of the molecule is COC(=O)C(Nc1cccc(C)c1)C1CCC1. The van der Waals surface area contributed by atoms with Crippen molar-refractivity contribution in [2.75, 3.05) is 12.4 Å². The van der Waals surface area contributed by atoms with E-state index >= 15 is 0 Å². The van der Waals surface area contributed by atoms with Crippen molar-refractivity contribution in [2.24, 2.45) is 5.92 Å². The number of hydrogen-bond donors (Lipinski definition) is 1. The molecule has 3 heteroatoms. The molecule has 0 aromatic heterocycles. The van der Waals surface area contributed by atoms with Crippen molar-refractivity contribution < 1.29 is 9.53 Å². The smallest absolute Gasteiger partial charge is 0.328 e. The molecule has 2 rings (SSSR count). The van der Waals surface area contributed by atoms with Crippen LogP contribution in [0.5, 0.6) is 0 Å². The van der Waals surface area contributed by atoms with Gasteiger partial charge in [-0.25, -0.2) is 4.79 Å². The molecule has 1 saturated carbocycles. The number of esters is 1. The number of ether oxygens (including phenoxy) is 1. The molecule has 0 radical (unpaired) electrons. The van der Waals surface area contributed by atoms with Crippen LogP contribution in [0.4, 0.5) is 5.69 Å². The zero-order valence-corrected chi connectivity index (χ0v) is 10.4. The van der Waals surface area contributed by atoms with Crippen LogP contribution in [0.3, 0.4) is 0 Å². The molecule has 17 heavy (non-hydrogen) atoms. The summed E-state index contributed by atoms with van der Waals surface area (Å²) >= 11 is 0. The zero-order valence-electron chi connectivity index (χ0n) is 10.4. The molecular weight excluding hydrogens is 214 g/mol. The minimum absolute atomic E-state index is 0.156. The minimum Gasteiger partial charge on any atom is -0.467 e. The molecule has 92 valence electrons. The van der Waals surface area contributed by atoms with Crippen LogP contribution in [0.1, 0.15) is 24.8 Å². The third-order valence-corrected chi connectivity index (χ3v) is 3.42. The van der Waals surface area contributed by atoms with Crippen LogP contribution < -0.4 is 5.32 Å². The summed E-state index contributed by atoms with van der Waals surface area (Å²) in [7, 11) is 1.45. The number of carbonyl (C=O) groups is 1. The molecule has 0 spiro atoms. The maximum absolute atomic E-state index is 11.8. The lowest BCUT2D eigenvalue weighted by atomic mass is 9.79. The first-order chi connectivity index (χ1) is 8.20. The van der Waals surface area contributed by atoms with Gasteiger partial charge in [-0.2, -0.15) is 0 Å². The molecule has 0 amide bonds. The van der Waals surface area contributed by atoms with Gasteiger partial charge in [0.1, 0.15) is 6.04 Å². The monoisotopic (exact) mass is 233 g/mol. The van der Waals surface area contributed by atoms with E-state index in [0.717, 1.165) is 18.5 Å². The van der Waals surface area contributed by atoms with Crippen LogP contribution in [0.2, 0.25) is 0 Å². The highest BCUT2D eigenvalue weighted by atomic mass is 16.5. The van der Waals surface area contributed by atoms with Crippen molar-refractivity contribution in [3.8, 4) is 0 Å². The number of benzene rings is 1. The number of methoxy groups -OCH3 is 1. The van der Waals surface area contributed by atoms with E-state index < -0.39 is 0 Å². The number of aryl methyl sites for hydroxylation is 1. The van der Waals surface area contributed by atoms with Crippen molar-refractivity contribution in [3.05, 3.63) is 29.8 Å². The average Bonchev–Trinajstić information content (AvgIpc) is 2.25. The Morgan fingerprint density at radius 2 is 2.24 bits per heavy atom. The third-order valence-electron chi connectivity index (χ3n) is 3.42. The average molecular weight is 233 g/mol. The van der Waals surface area contributed by atoms with Crippen molar-refractivity contribution in [3.63, 3.8) is 0 Å². The number of rotatable bonds is 4. The van der Waals surface area contributed by atoms with Gasteiger partial charge in [-0.05, 0) is 43.4 Å². The number of anilines is 1. The molecule has 0 saturated heterocycles. The molecule has 1 unspecified atom stereocenters. The van der Waals surface area contributed by atoms with E-state index in [2.05, 4.69) is 11.4 Å². The maximum atomic E-state index is 11.8. The Morgan fingerprint density at radius 3 is 2.76 bits per heavy atom. The lowest BCUT2D eigenvalue weighted by Gasteiger charge is -2.33. The quantitative estimate of drug-likeness (QED) is 0.813. The predicted octanol–water partition coefficient (Wildman–Crippen LogP) is 2.75. The van der Waals surface area contributed by atoms with E-state index in [1.165, 1.54) is 19.1 Å². The van der Waals surface area contributed by atoms with E-state index in [0.29, 0.717) is 5.92 Å². The Labute approximate surface area is 102 Å². The van der Waals surface area contributed by atoms with Crippen molar-refractivity contribution in [1.29, 1.82) is 0 Å². The summed E-state index contributed by atoms with van der Waals surface area (Å²) in [4.78, 5) is 11.8. The molecular formula is C14H19NO2. The Bertz CT molecular complexity index is 399. The van der Waals surface area contributed by atoms with Gasteiger partial charge < -0.3 is 10.1 Å². The van der Waals surface area contributed by atoms with E-state index in [9.17, 15) is 4.79 Å². The van der Waals surface area contributed by atoms with Gasteiger partial charge in [-0.3, -0.25) is 0 Å². The largest absolute Gasteiger partial charge is 0.467 e. The molecule has 1 N–H and O–H groups in total. The third kappa shape index (κ3) is 2.78. The Kier molecular flexibility index (Phi) is 3.67. The summed E-state index contributed by atoms with van der Waals surface area (Å²) in [6.07, 6.45) is 3.44. The van der Waals surface area contributed by atoms with Gasteiger partial charge in [-0.15, -0.1) is 0 Å². The van der Waals surface area contributed by atoms with Crippen LogP contribution in [0, 0.1) is 12.8 Å². The molecule has 1 aromatic rings. The van der Waals surface area contributed by atoms with Crippen LogP contribution in [0.25, 0.3) is 0 Å². The molecule has 0 bridgehead atoms. The van der Waals surface area contributed by atoms with Gasteiger partial charge >= 0.3 is 5.97 Å². The van der Waals surface area contributed by atoms with Crippen molar-refractivity contribution in [1.82, 2.24) is 0 Å². The Balaban J connectivity index is 2.08. The summed E-state index contributed by atoms with van der Waals surface area (Å²) in [5, 5.41) is 3.30. The molecule has 1 fully saturated rings. The lowest BCUT2D eigenvalue weighted by molar-refractivity contribution is -0.143. The van der Waals surface area contributed by atoms with Gasteiger partial charge in [0.25, 0.3) is 0 Å². The normalized spacial score (nSPS) is 17.1. The van der Waals surface area contributed by atoms with Gasteiger partial charge in [0, 0.05) is 5.69 Å². The lowest BCUT2D eigenvalue weighted by Crippen LogP contribution is -2.41. The van der Waals surface area contributed by atoms with E-state index in [-0.39, 0.29) is 12.0 Å². The molecule has 1 aliphatic rings. The summed E-state index contributed by atoms with van der Waals surface area (Å²) < 4.78 is 4.87. The van der Waals surface area contributed by atoms with Crippen molar-refractivity contribution >= 4 is 11.7 Å². The van der Waals surface area contributed by atoms with Gasteiger partial charge in [0.15, 0.2) is 0 Å². The Hall–Kier alpha value is -1.51. The number of carbonyl (C=O) groups excluding carboxylic acids is 1. The number of hydrogen-bond acceptors (Lipinski definition) is 3. The van der Waals surface area contributed by atoms with E-state index in [1.54, 1.807) is 0 Å². The first-order valence-corrected chi connectivity index (χ1v) is 6.12. The van der Waals surface area contributed by atoms with Crippen LogP contribution >= 0.6 is 0 Å². The molecule has 1 aliphatic carbocycles. The summed E-state index contributed by atoms with van der Waals surface area (Å²) in [5.41, 5.74) is 2.18. The standard InChI is InChI=1S/C14H19NO2/c1-10-5-3-8-12(9-10)15-13(14(16)17-2)11-6-4-7-11/h3,5,8-9,11,13,15H,4,6-7H2,1-2H3. The van der Waals surface area contributed by atoms with Crippen molar-refractivity contribution in [2.45, 2.75) is 32.2 Å². The molecule has 1 atom stereocenters.